The first-order valence-electron chi connectivity index (χ1n) is 16.1. The summed E-state index contributed by atoms with van der Waals surface area (Å²) in [6.07, 6.45) is -4.30. The number of aliphatic imine (C=N–C) groups is 1. The van der Waals surface area contributed by atoms with Crippen LogP contribution in [0.3, 0.4) is 0 Å². The van der Waals surface area contributed by atoms with Gasteiger partial charge in [0.1, 0.15) is 24.4 Å². The number of hydrogen-bond acceptors (Lipinski definition) is 17. The number of hydrogen-bond donors (Lipinski definition) is 6. The Balaban J connectivity index is 2.41. The van der Waals surface area contributed by atoms with Gasteiger partial charge in [-0.2, -0.15) is 4.98 Å². The molecule has 0 bridgehead atoms. The predicted molar refractivity (Wildman–Crippen MR) is 193 cm³/mol. The zero-order valence-corrected chi connectivity index (χ0v) is 30.9. The van der Waals surface area contributed by atoms with Gasteiger partial charge in [0.25, 0.3) is 12.0 Å². The number of amides is 1. The van der Waals surface area contributed by atoms with Crippen molar-refractivity contribution in [3.8, 4) is 0 Å². The summed E-state index contributed by atoms with van der Waals surface area (Å²) >= 11 is 0.794. The fraction of sp³-hybridized carbons (Fsp3) is 0.516. The van der Waals surface area contributed by atoms with E-state index in [2.05, 4.69) is 25.4 Å². The molecule has 0 saturated carbocycles. The van der Waals surface area contributed by atoms with Crippen molar-refractivity contribution in [1.29, 1.82) is 0 Å². The zero-order valence-electron chi connectivity index (χ0n) is 29.2. The number of aliphatic hydroxyl groups is 1. The van der Waals surface area contributed by atoms with Crippen molar-refractivity contribution in [3.05, 3.63) is 46.2 Å². The molecule has 1 amide bonds. The van der Waals surface area contributed by atoms with Crippen LogP contribution in [0.1, 0.15) is 38.7 Å². The van der Waals surface area contributed by atoms with E-state index in [0.717, 1.165) is 18.0 Å². The third kappa shape index (κ3) is 14.5. The Bertz CT molecular complexity index is 1600. The molecule has 1 aromatic heterocycles. The molecule has 2 rings (SSSR count). The van der Waals surface area contributed by atoms with Crippen LogP contribution >= 0.6 is 19.5 Å². The Hall–Kier alpha value is -4.17. The predicted octanol–water partition coefficient (Wildman–Crippen LogP) is 1.02. The average molecular weight is 772 g/mol. The lowest BCUT2D eigenvalue weighted by Crippen LogP contribution is -2.45. The van der Waals surface area contributed by atoms with Gasteiger partial charge in [-0.1, -0.05) is 49.0 Å². The molecule has 0 spiro atoms. The SMILES string of the molecule is CCCC(=O)SCC(OP(=O)(N[C@@H](Cc1ccccc1)C(=O)OCC)OCC(OC)C(O)[C@@H](CC=Nc1c(N)nc(N)[nH]c1=O)OC=O)C(=O)NC. The summed E-state index contributed by atoms with van der Waals surface area (Å²) in [6.45, 7) is 2.74. The maximum Gasteiger partial charge on any atom is 0.407 e. The molecule has 0 saturated heterocycles. The van der Waals surface area contributed by atoms with Crippen LogP contribution in [0.25, 0.3) is 0 Å². The summed E-state index contributed by atoms with van der Waals surface area (Å²) in [4.78, 5) is 71.7. The minimum Gasteiger partial charge on any atom is -0.465 e. The number of H-pyrrole nitrogens is 1. The quantitative estimate of drug-likeness (QED) is 0.0376. The fourth-order valence-electron chi connectivity index (χ4n) is 4.43. The van der Waals surface area contributed by atoms with E-state index in [9.17, 15) is 33.6 Å². The molecule has 8 N–H and O–H groups in total. The van der Waals surface area contributed by atoms with Crippen LogP contribution in [0.4, 0.5) is 17.5 Å². The molecule has 1 heterocycles. The van der Waals surface area contributed by atoms with Crippen LogP contribution in [0.5, 0.6) is 0 Å². The van der Waals surface area contributed by atoms with Gasteiger partial charge in [-0.15, -0.1) is 0 Å². The molecule has 288 valence electrons. The van der Waals surface area contributed by atoms with Crippen LogP contribution in [0.2, 0.25) is 0 Å². The van der Waals surface area contributed by atoms with Gasteiger partial charge in [-0.3, -0.25) is 43.0 Å². The van der Waals surface area contributed by atoms with Crippen LogP contribution < -0.4 is 27.4 Å². The van der Waals surface area contributed by atoms with Crippen molar-refractivity contribution >= 4 is 66.6 Å². The van der Waals surface area contributed by atoms with Gasteiger partial charge < -0.3 is 36.1 Å². The number of carbonyl (C=O) groups is 4. The van der Waals surface area contributed by atoms with Crippen molar-refractivity contribution in [2.24, 2.45) is 4.99 Å². The van der Waals surface area contributed by atoms with Gasteiger partial charge in [-0.25, -0.2) is 9.65 Å². The highest BCUT2D eigenvalue weighted by atomic mass is 32.2. The monoisotopic (exact) mass is 771 g/mol. The molecular formula is C31H46N7O12PS. The molecule has 0 aliphatic rings. The first-order valence-corrected chi connectivity index (χ1v) is 18.6. The normalized spacial score (nSPS) is 15.5. The summed E-state index contributed by atoms with van der Waals surface area (Å²) < 4.78 is 41.6. The summed E-state index contributed by atoms with van der Waals surface area (Å²) in [5.41, 5.74) is 10.8. The van der Waals surface area contributed by atoms with E-state index >= 15 is 0 Å². The number of nitrogen functional groups attached to an aromatic ring is 2. The van der Waals surface area contributed by atoms with Gasteiger partial charge >= 0.3 is 13.7 Å². The molecule has 6 atom stereocenters. The standard InChI is InChI=1S/C31H46N7O12PS/c1-5-10-24(40)52-17-23(28(42)34-3)50-51(45,38-20(30(44)47-6-2)15-19-11-8-7-9-12-19)49-16-22(46-4)26(41)21(48-18-39)13-14-35-25-27(32)36-31(33)37-29(25)43/h7-9,11-12,14,18,20-23,26,41H,5-6,10,13,15-17H2,1-4H3,(H,34,42)(H,38,45)(H5,32,33,36,37,43)/t20-,21+,22?,23?,26?,51?/m0/s1. The Kier molecular flexibility index (Phi) is 19.2. The molecule has 52 heavy (non-hydrogen) atoms. The fourth-order valence-corrected chi connectivity index (χ4v) is 7.06. The van der Waals surface area contributed by atoms with Crippen molar-refractivity contribution in [3.63, 3.8) is 0 Å². The van der Waals surface area contributed by atoms with E-state index in [1.165, 1.54) is 14.2 Å². The third-order valence-electron chi connectivity index (χ3n) is 7.02. The largest absolute Gasteiger partial charge is 0.465 e. The number of nitrogens with two attached hydrogens (primary N) is 2. The molecule has 0 fully saturated rings. The number of carbonyl (C=O) groups excluding carboxylic acids is 4. The van der Waals surface area contributed by atoms with Crippen molar-refractivity contribution in [1.82, 2.24) is 20.4 Å². The number of anilines is 2. The van der Waals surface area contributed by atoms with E-state index in [1.807, 2.05) is 6.92 Å². The Labute approximate surface area is 304 Å². The number of benzene rings is 1. The first-order chi connectivity index (χ1) is 24.8. The number of aromatic amines is 1. The van der Waals surface area contributed by atoms with E-state index < -0.39 is 62.2 Å². The van der Waals surface area contributed by atoms with Crippen LogP contribution in [-0.4, -0.2) is 108 Å². The Morgan fingerprint density at radius 3 is 2.48 bits per heavy atom. The second kappa shape index (κ2) is 22.7. The Morgan fingerprint density at radius 2 is 1.88 bits per heavy atom. The topological polar surface area (TPSA) is 286 Å². The molecule has 2 aromatic rings. The minimum atomic E-state index is -4.75. The lowest BCUT2D eigenvalue weighted by molar-refractivity contribution is -0.147. The second-order valence-corrected chi connectivity index (χ2v) is 13.6. The van der Waals surface area contributed by atoms with Gasteiger partial charge in [0.2, 0.25) is 11.9 Å². The summed E-state index contributed by atoms with van der Waals surface area (Å²) in [6, 6.07) is 7.39. The molecule has 1 aromatic carbocycles. The van der Waals surface area contributed by atoms with Gasteiger partial charge in [0.05, 0.1) is 13.2 Å². The number of methoxy groups -OCH3 is 1. The summed E-state index contributed by atoms with van der Waals surface area (Å²) in [5.74, 6) is -2.29. The van der Waals surface area contributed by atoms with Crippen molar-refractivity contribution < 1.29 is 52.1 Å². The molecule has 0 aliphatic carbocycles. The third-order valence-corrected chi connectivity index (χ3v) is 9.67. The first kappa shape index (κ1) is 44.0. The lowest BCUT2D eigenvalue weighted by Gasteiger charge is -2.30. The number of likely N-dealkylation sites (N-methyl/N-ethyl adjacent to an activating group) is 1. The zero-order chi connectivity index (χ0) is 38.7. The van der Waals surface area contributed by atoms with E-state index in [0.29, 0.717) is 12.0 Å². The molecule has 4 unspecified atom stereocenters. The number of nitrogens with one attached hydrogen (secondary N) is 3. The smallest absolute Gasteiger partial charge is 0.407 e. The van der Waals surface area contributed by atoms with Crippen molar-refractivity contribution in [2.45, 2.75) is 70.0 Å². The van der Waals surface area contributed by atoms with Gasteiger partial charge in [0.15, 0.2) is 22.7 Å². The number of ether oxygens (including phenoxy) is 3. The Morgan fingerprint density at radius 1 is 1.17 bits per heavy atom. The highest BCUT2D eigenvalue weighted by Crippen LogP contribution is 2.47. The van der Waals surface area contributed by atoms with E-state index in [4.69, 9.17) is 34.7 Å². The summed E-state index contributed by atoms with van der Waals surface area (Å²) in [7, 11) is -2.25. The van der Waals surface area contributed by atoms with Crippen LogP contribution in [0, 0.1) is 0 Å². The summed E-state index contributed by atoms with van der Waals surface area (Å²) in [5, 5.41) is 15.9. The molecular weight excluding hydrogens is 725 g/mol. The van der Waals surface area contributed by atoms with Crippen LogP contribution in [0.15, 0.2) is 40.1 Å². The maximum atomic E-state index is 14.5. The maximum absolute atomic E-state index is 14.5. The van der Waals surface area contributed by atoms with Gasteiger partial charge in [-0.05, 0) is 25.3 Å². The molecule has 0 radical (unpaired) electrons. The number of aliphatic hydroxyl groups excluding tert-OH is 1. The number of nitrogens with zero attached hydrogens (tertiary/aromatic N) is 2. The lowest BCUT2D eigenvalue weighted by atomic mass is 10.1. The number of esters is 1. The number of thioether (sulfide) groups is 1. The van der Waals surface area contributed by atoms with Crippen LogP contribution in [-0.2, 0) is 53.4 Å². The molecule has 19 nitrogen and oxygen atoms in total. The van der Waals surface area contributed by atoms with E-state index in [1.54, 1.807) is 37.3 Å². The minimum absolute atomic E-state index is 0.00987. The highest BCUT2D eigenvalue weighted by molar-refractivity contribution is 8.13. The number of rotatable bonds is 24. The molecule has 21 heteroatoms. The van der Waals surface area contributed by atoms with E-state index in [-0.39, 0.29) is 60.7 Å². The molecule has 0 aliphatic heterocycles. The second-order valence-electron chi connectivity index (χ2n) is 10.8. The highest BCUT2D eigenvalue weighted by Gasteiger charge is 2.40. The number of aromatic nitrogens is 2. The van der Waals surface area contributed by atoms with Gasteiger partial charge in [0, 0.05) is 39.0 Å². The van der Waals surface area contributed by atoms with Crippen molar-refractivity contribution in [2.75, 3.05) is 44.6 Å². The average Bonchev–Trinajstić information content (AvgIpc) is 3.11.